The van der Waals surface area contributed by atoms with E-state index >= 15 is 0 Å². The first-order valence-electron chi connectivity index (χ1n) is 8.56. The Morgan fingerprint density at radius 2 is 2.25 bits per heavy atom. The Kier molecular flexibility index (Phi) is 5.68. The van der Waals surface area contributed by atoms with Crippen LogP contribution in [-0.4, -0.2) is 28.6 Å². The molecule has 0 aromatic carbocycles. The molecule has 0 bridgehead atoms. The number of hydrogen-bond acceptors (Lipinski definition) is 5. The van der Waals surface area contributed by atoms with Crippen LogP contribution < -0.4 is 5.32 Å². The van der Waals surface area contributed by atoms with Crippen LogP contribution in [0.3, 0.4) is 0 Å². The second kappa shape index (κ2) is 7.94. The Morgan fingerprint density at radius 3 is 3.00 bits per heavy atom. The highest BCUT2D eigenvalue weighted by Gasteiger charge is 2.25. The zero-order chi connectivity index (χ0) is 16.9. The van der Waals surface area contributed by atoms with Crippen LogP contribution in [0.2, 0.25) is 0 Å². The van der Waals surface area contributed by atoms with Gasteiger partial charge in [0.2, 0.25) is 11.8 Å². The molecule has 0 unspecified atom stereocenters. The van der Waals surface area contributed by atoms with Crippen LogP contribution in [0.4, 0.5) is 0 Å². The van der Waals surface area contributed by atoms with Crippen molar-refractivity contribution in [1.82, 2.24) is 10.3 Å². The lowest BCUT2D eigenvalue weighted by Gasteiger charge is -2.24. The van der Waals surface area contributed by atoms with E-state index in [4.69, 9.17) is 4.42 Å². The third-order valence-corrected chi connectivity index (χ3v) is 5.41. The number of hydrogen-bond donors (Lipinski definition) is 2. The van der Waals surface area contributed by atoms with Crippen molar-refractivity contribution in [3.05, 3.63) is 28.3 Å². The summed E-state index contributed by atoms with van der Waals surface area (Å²) in [5, 5.41) is 16.6. The Balaban J connectivity index is 1.64. The molecular weight excluding hydrogens is 324 g/mol. The van der Waals surface area contributed by atoms with Crippen molar-refractivity contribution in [1.29, 1.82) is 0 Å². The SMILES string of the molecule is Cc1oc(-c2ccsc2)nc1CC(=O)N[C@H]1CCCCC[C@H]1CO. The smallest absolute Gasteiger partial charge is 0.227 e. The van der Waals surface area contributed by atoms with Crippen molar-refractivity contribution >= 4 is 17.2 Å². The summed E-state index contributed by atoms with van der Waals surface area (Å²) in [5.74, 6) is 1.37. The summed E-state index contributed by atoms with van der Waals surface area (Å²) in [7, 11) is 0. The molecule has 24 heavy (non-hydrogen) atoms. The van der Waals surface area contributed by atoms with Gasteiger partial charge in [-0.1, -0.05) is 19.3 Å². The molecule has 2 N–H and O–H groups in total. The van der Waals surface area contributed by atoms with E-state index in [9.17, 15) is 9.90 Å². The van der Waals surface area contributed by atoms with Crippen LogP contribution >= 0.6 is 11.3 Å². The minimum Gasteiger partial charge on any atom is -0.441 e. The summed E-state index contributed by atoms with van der Waals surface area (Å²) < 4.78 is 5.69. The van der Waals surface area contributed by atoms with Gasteiger partial charge in [-0.3, -0.25) is 4.79 Å². The molecule has 3 rings (SSSR count). The number of amides is 1. The molecule has 2 aromatic heterocycles. The summed E-state index contributed by atoms with van der Waals surface area (Å²) in [6, 6.07) is 2.02. The number of carbonyl (C=O) groups is 1. The summed E-state index contributed by atoms with van der Waals surface area (Å²) in [6.07, 6.45) is 5.54. The van der Waals surface area contributed by atoms with Crippen LogP contribution in [0.1, 0.15) is 43.6 Å². The maximum absolute atomic E-state index is 12.4. The number of rotatable bonds is 5. The van der Waals surface area contributed by atoms with Crippen LogP contribution in [0.5, 0.6) is 0 Å². The Morgan fingerprint density at radius 1 is 1.42 bits per heavy atom. The van der Waals surface area contributed by atoms with E-state index in [1.54, 1.807) is 11.3 Å². The zero-order valence-electron chi connectivity index (χ0n) is 14.0. The molecule has 2 heterocycles. The first-order valence-corrected chi connectivity index (χ1v) is 9.50. The zero-order valence-corrected chi connectivity index (χ0v) is 14.8. The summed E-state index contributed by atoms with van der Waals surface area (Å²) >= 11 is 1.59. The molecule has 0 aliphatic heterocycles. The fraction of sp³-hybridized carbons (Fsp3) is 0.556. The van der Waals surface area contributed by atoms with Gasteiger partial charge in [-0.15, -0.1) is 0 Å². The number of aliphatic hydroxyl groups excluding tert-OH is 1. The lowest BCUT2D eigenvalue weighted by Crippen LogP contribution is -2.41. The van der Waals surface area contributed by atoms with E-state index in [1.807, 2.05) is 23.8 Å². The van der Waals surface area contributed by atoms with Gasteiger partial charge in [0.05, 0.1) is 12.1 Å². The van der Waals surface area contributed by atoms with Crippen LogP contribution in [0.15, 0.2) is 21.2 Å². The molecule has 1 aliphatic rings. The first-order chi connectivity index (χ1) is 11.7. The molecule has 1 aliphatic carbocycles. The number of nitrogens with zero attached hydrogens (tertiary/aromatic N) is 1. The number of nitrogens with one attached hydrogen (secondary N) is 1. The number of aliphatic hydroxyl groups is 1. The third-order valence-electron chi connectivity index (χ3n) is 4.73. The van der Waals surface area contributed by atoms with Crippen molar-refractivity contribution in [3.63, 3.8) is 0 Å². The largest absolute Gasteiger partial charge is 0.441 e. The fourth-order valence-corrected chi connectivity index (χ4v) is 3.93. The number of oxazole rings is 1. The van der Waals surface area contributed by atoms with Gasteiger partial charge in [0.25, 0.3) is 0 Å². The van der Waals surface area contributed by atoms with Crippen molar-refractivity contribution in [2.45, 2.75) is 51.5 Å². The summed E-state index contributed by atoms with van der Waals surface area (Å²) in [6.45, 7) is 1.98. The molecule has 5 nitrogen and oxygen atoms in total. The van der Waals surface area contributed by atoms with Crippen molar-refractivity contribution in [2.24, 2.45) is 5.92 Å². The molecule has 2 atom stereocenters. The predicted octanol–water partition coefficient (Wildman–Crippen LogP) is 3.31. The monoisotopic (exact) mass is 348 g/mol. The molecule has 1 amide bonds. The normalized spacial score (nSPS) is 21.4. The number of thiophene rings is 1. The van der Waals surface area contributed by atoms with Crippen LogP contribution in [0.25, 0.3) is 11.5 Å². The molecule has 0 radical (unpaired) electrons. The Bertz CT molecular complexity index is 666. The average Bonchev–Trinajstić information content (AvgIpc) is 3.15. The van der Waals surface area contributed by atoms with Crippen LogP contribution in [0, 0.1) is 12.8 Å². The fourth-order valence-electron chi connectivity index (χ4n) is 3.30. The average molecular weight is 348 g/mol. The topological polar surface area (TPSA) is 75.4 Å². The van der Waals surface area contributed by atoms with Crippen molar-refractivity contribution < 1.29 is 14.3 Å². The molecular formula is C18H24N2O3S. The van der Waals surface area contributed by atoms with E-state index in [0.29, 0.717) is 17.3 Å². The second-order valence-corrected chi connectivity index (χ2v) is 7.25. The highest BCUT2D eigenvalue weighted by molar-refractivity contribution is 7.08. The van der Waals surface area contributed by atoms with E-state index in [-0.39, 0.29) is 30.9 Å². The van der Waals surface area contributed by atoms with Gasteiger partial charge in [0.15, 0.2) is 0 Å². The lowest BCUT2D eigenvalue weighted by atomic mass is 9.95. The van der Waals surface area contributed by atoms with Crippen molar-refractivity contribution in [2.75, 3.05) is 6.61 Å². The highest BCUT2D eigenvalue weighted by atomic mass is 32.1. The van der Waals surface area contributed by atoms with Gasteiger partial charge < -0.3 is 14.8 Å². The highest BCUT2D eigenvalue weighted by Crippen LogP contribution is 2.25. The maximum atomic E-state index is 12.4. The number of aryl methyl sites for hydroxylation is 1. The second-order valence-electron chi connectivity index (χ2n) is 6.47. The summed E-state index contributed by atoms with van der Waals surface area (Å²) in [4.78, 5) is 16.9. The maximum Gasteiger partial charge on any atom is 0.227 e. The molecule has 0 saturated heterocycles. The van der Waals surface area contributed by atoms with Gasteiger partial charge in [0, 0.05) is 29.5 Å². The quantitative estimate of drug-likeness (QED) is 0.813. The molecule has 2 aromatic rings. The van der Waals surface area contributed by atoms with E-state index in [0.717, 1.165) is 31.2 Å². The minimum atomic E-state index is -0.0476. The van der Waals surface area contributed by atoms with Gasteiger partial charge in [-0.2, -0.15) is 11.3 Å². The molecule has 6 heteroatoms. The first kappa shape index (κ1) is 17.2. The predicted molar refractivity (Wildman–Crippen MR) is 93.8 cm³/mol. The van der Waals surface area contributed by atoms with Crippen molar-refractivity contribution in [3.8, 4) is 11.5 Å². The van der Waals surface area contributed by atoms with E-state index in [2.05, 4.69) is 10.3 Å². The number of carbonyl (C=O) groups excluding carboxylic acids is 1. The molecule has 0 spiro atoms. The molecule has 130 valence electrons. The third kappa shape index (κ3) is 4.05. The van der Waals surface area contributed by atoms with Gasteiger partial charge in [-0.05, 0) is 31.2 Å². The van der Waals surface area contributed by atoms with E-state index in [1.165, 1.54) is 6.42 Å². The minimum absolute atomic E-state index is 0.0476. The Hall–Kier alpha value is -1.66. The van der Waals surface area contributed by atoms with Gasteiger partial charge in [-0.25, -0.2) is 4.98 Å². The van der Waals surface area contributed by atoms with Gasteiger partial charge >= 0.3 is 0 Å². The lowest BCUT2D eigenvalue weighted by molar-refractivity contribution is -0.121. The number of aromatic nitrogens is 1. The molecule has 1 saturated carbocycles. The Labute approximate surface area is 146 Å². The van der Waals surface area contributed by atoms with Crippen LogP contribution in [-0.2, 0) is 11.2 Å². The van der Waals surface area contributed by atoms with E-state index < -0.39 is 0 Å². The molecule has 1 fully saturated rings. The van der Waals surface area contributed by atoms with Gasteiger partial charge in [0.1, 0.15) is 5.76 Å². The summed E-state index contributed by atoms with van der Waals surface area (Å²) in [5.41, 5.74) is 1.63. The standard InChI is InChI=1S/C18H24N2O3S/c1-12-16(20-18(23-12)14-7-8-24-11-14)9-17(22)19-15-6-4-2-3-5-13(15)10-21/h7-8,11,13,15,21H,2-6,9-10H2,1H3,(H,19,22)/t13-,15-/m0/s1.